The van der Waals surface area contributed by atoms with E-state index in [1.807, 2.05) is 0 Å². The summed E-state index contributed by atoms with van der Waals surface area (Å²) in [6.45, 7) is 5.80. The Morgan fingerprint density at radius 3 is 2.76 bits per heavy atom. The lowest BCUT2D eigenvalue weighted by molar-refractivity contribution is 0.509. The van der Waals surface area contributed by atoms with Crippen LogP contribution in [0.25, 0.3) is 0 Å². The summed E-state index contributed by atoms with van der Waals surface area (Å²) in [5.74, 6) is 1.95. The summed E-state index contributed by atoms with van der Waals surface area (Å²) in [5.41, 5.74) is 1.46. The summed E-state index contributed by atoms with van der Waals surface area (Å²) >= 11 is 2.10. The summed E-state index contributed by atoms with van der Waals surface area (Å²) in [7, 11) is 0. The lowest BCUT2D eigenvalue weighted by atomic mass is 9.98. The molecule has 0 saturated carbocycles. The van der Waals surface area contributed by atoms with Crippen molar-refractivity contribution in [3.05, 3.63) is 35.9 Å². The van der Waals surface area contributed by atoms with E-state index in [1.54, 1.807) is 0 Å². The van der Waals surface area contributed by atoms with E-state index in [4.69, 9.17) is 0 Å². The summed E-state index contributed by atoms with van der Waals surface area (Å²) in [6.07, 6.45) is 2.57. The lowest BCUT2D eigenvalue weighted by Crippen LogP contribution is -2.30. The number of nitrogens with one attached hydrogen (secondary N) is 1. The van der Waals surface area contributed by atoms with Gasteiger partial charge in [0.25, 0.3) is 0 Å². The standard InChI is InChI=1S/C15H23NS/c1-12(14-6-4-3-5-7-14)8-9-16-15-10-13(2)17-11-15/h3-7,12-13,15-16H,8-11H2,1-2H3. The summed E-state index contributed by atoms with van der Waals surface area (Å²) in [4.78, 5) is 0. The average molecular weight is 249 g/mol. The molecular formula is C15H23NS. The van der Waals surface area contributed by atoms with Crippen LogP contribution in [0, 0.1) is 0 Å². The van der Waals surface area contributed by atoms with Crippen LogP contribution in [0.15, 0.2) is 30.3 Å². The maximum absolute atomic E-state index is 3.69. The smallest absolute Gasteiger partial charge is 0.0168 e. The van der Waals surface area contributed by atoms with E-state index in [0.29, 0.717) is 5.92 Å². The molecule has 0 aromatic heterocycles. The molecule has 0 spiro atoms. The average Bonchev–Trinajstić information content (AvgIpc) is 2.76. The first-order valence-electron chi connectivity index (χ1n) is 6.65. The molecule has 1 aromatic rings. The largest absolute Gasteiger partial charge is 0.313 e. The second kappa shape index (κ2) is 6.46. The zero-order valence-electron chi connectivity index (χ0n) is 10.9. The Balaban J connectivity index is 1.68. The van der Waals surface area contributed by atoms with Crippen LogP contribution in [0.1, 0.15) is 38.2 Å². The first kappa shape index (κ1) is 13.0. The minimum atomic E-state index is 0.662. The highest BCUT2D eigenvalue weighted by atomic mass is 32.2. The van der Waals surface area contributed by atoms with Crippen LogP contribution in [0.3, 0.4) is 0 Å². The third-order valence-electron chi connectivity index (χ3n) is 3.58. The van der Waals surface area contributed by atoms with Gasteiger partial charge in [0.2, 0.25) is 0 Å². The zero-order valence-corrected chi connectivity index (χ0v) is 11.7. The van der Waals surface area contributed by atoms with Crippen LogP contribution in [0.5, 0.6) is 0 Å². The number of hydrogen-bond donors (Lipinski definition) is 1. The van der Waals surface area contributed by atoms with E-state index in [1.165, 1.54) is 24.2 Å². The van der Waals surface area contributed by atoms with E-state index in [9.17, 15) is 0 Å². The minimum absolute atomic E-state index is 0.662. The quantitative estimate of drug-likeness (QED) is 0.854. The van der Waals surface area contributed by atoms with Crippen LogP contribution >= 0.6 is 11.8 Å². The topological polar surface area (TPSA) is 12.0 Å². The molecule has 1 aliphatic rings. The molecule has 0 radical (unpaired) electrons. The molecule has 0 aliphatic carbocycles. The van der Waals surface area contributed by atoms with Gasteiger partial charge in [-0.1, -0.05) is 44.2 Å². The Hall–Kier alpha value is -0.470. The zero-order chi connectivity index (χ0) is 12.1. The molecule has 17 heavy (non-hydrogen) atoms. The van der Waals surface area contributed by atoms with Gasteiger partial charge in [-0.3, -0.25) is 0 Å². The van der Waals surface area contributed by atoms with Crippen molar-refractivity contribution in [2.75, 3.05) is 12.3 Å². The van der Waals surface area contributed by atoms with Crippen molar-refractivity contribution in [1.29, 1.82) is 0 Å². The molecule has 1 nitrogen and oxygen atoms in total. The predicted octanol–water partition coefficient (Wildman–Crippen LogP) is 3.66. The van der Waals surface area contributed by atoms with Crippen molar-refractivity contribution in [3.8, 4) is 0 Å². The summed E-state index contributed by atoms with van der Waals surface area (Å²) in [6, 6.07) is 11.6. The SMILES string of the molecule is CC1CC(NCCC(C)c2ccccc2)CS1. The molecule has 2 heteroatoms. The number of hydrogen-bond acceptors (Lipinski definition) is 2. The Morgan fingerprint density at radius 2 is 2.12 bits per heavy atom. The van der Waals surface area contributed by atoms with Gasteiger partial charge in [0, 0.05) is 17.0 Å². The van der Waals surface area contributed by atoms with Gasteiger partial charge in [-0.25, -0.2) is 0 Å². The number of thioether (sulfide) groups is 1. The van der Waals surface area contributed by atoms with Crippen molar-refractivity contribution in [3.63, 3.8) is 0 Å². The molecule has 1 fully saturated rings. The fraction of sp³-hybridized carbons (Fsp3) is 0.600. The van der Waals surface area contributed by atoms with Crippen molar-refractivity contribution in [2.24, 2.45) is 0 Å². The Labute approximate surface area is 109 Å². The molecule has 94 valence electrons. The lowest BCUT2D eigenvalue weighted by Gasteiger charge is -2.15. The molecule has 3 unspecified atom stereocenters. The van der Waals surface area contributed by atoms with E-state index in [0.717, 1.165) is 17.8 Å². The Morgan fingerprint density at radius 1 is 1.35 bits per heavy atom. The van der Waals surface area contributed by atoms with Gasteiger partial charge in [0.1, 0.15) is 0 Å². The third-order valence-corrected chi connectivity index (χ3v) is 4.93. The Bertz CT molecular complexity index is 325. The highest BCUT2D eigenvalue weighted by molar-refractivity contribution is 8.00. The fourth-order valence-electron chi connectivity index (χ4n) is 2.41. The highest BCUT2D eigenvalue weighted by Crippen LogP contribution is 2.26. The van der Waals surface area contributed by atoms with Gasteiger partial charge >= 0.3 is 0 Å². The van der Waals surface area contributed by atoms with Gasteiger partial charge in [0.15, 0.2) is 0 Å². The minimum Gasteiger partial charge on any atom is -0.313 e. The van der Waals surface area contributed by atoms with E-state index in [2.05, 4.69) is 61.3 Å². The third kappa shape index (κ3) is 4.04. The predicted molar refractivity (Wildman–Crippen MR) is 77.8 cm³/mol. The monoisotopic (exact) mass is 249 g/mol. The van der Waals surface area contributed by atoms with Crippen LogP contribution in [0.2, 0.25) is 0 Å². The van der Waals surface area contributed by atoms with E-state index < -0.39 is 0 Å². The maximum Gasteiger partial charge on any atom is 0.0168 e. The Kier molecular flexibility index (Phi) is 4.93. The van der Waals surface area contributed by atoms with Crippen LogP contribution in [0.4, 0.5) is 0 Å². The summed E-state index contributed by atoms with van der Waals surface area (Å²) < 4.78 is 0. The first-order valence-corrected chi connectivity index (χ1v) is 7.70. The fourth-order valence-corrected chi connectivity index (χ4v) is 3.59. The molecule has 1 aromatic carbocycles. The van der Waals surface area contributed by atoms with Crippen molar-refractivity contribution < 1.29 is 0 Å². The van der Waals surface area contributed by atoms with Crippen LogP contribution in [-0.2, 0) is 0 Å². The van der Waals surface area contributed by atoms with Gasteiger partial charge in [-0.05, 0) is 30.9 Å². The molecule has 0 amide bonds. The second-order valence-corrected chi connectivity index (χ2v) is 6.60. The number of benzene rings is 1. The molecule has 1 saturated heterocycles. The van der Waals surface area contributed by atoms with Crippen LogP contribution < -0.4 is 5.32 Å². The molecular weight excluding hydrogens is 226 g/mol. The molecule has 1 heterocycles. The van der Waals surface area contributed by atoms with Gasteiger partial charge in [-0.15, -0.1) is 0 Å². The normalized spacial score (nSPS) is 26.0. The van der Waals surface area contributed by atoms with Crippen molar-refractivity contribution in [1.82, 2.24) is 5.32 Å². The van der Waals surface area contributed by atoms with E-state index >= 15 is 0 Å². The van der Waals surface area contributed by atoms with Crippen LogP contribution in [-0.4, -0.2) is 23.6 Å². The molecule has 1 aliphatic heterocycles. The maximum atomic E-state index is 3.69. The van der Waals surface area contributed by atoms with Crippen molar-refractivity contribution in [2.45, 2.75) is 43.9 Å². The molecule has 1 N–H and O–H groups in total. The molecule has 3 atom stereocenters. The van der Waals surface area contributed by atoms with Crippen molar-refractivity contribution >= 4 is 11.8 Å². The molecule has 2 rings (SSSR count). The van der Waals surface area contributed by atoms with Gasteiger partial charge < -0.3 is 5.32 Å². The summed E-state index contributed by atoms with van der Waals surface area (Å²) in [5, 5.41) is 4.54. The van der Waals surface area contributed by atoms with E-state index in [-0.39, 0.29) is 0 Å². The van der Waals surface area contributed by atoms with Gasteiger partial charge in [0.05, 0.1) is 0 Å². The van der Waals surface area contributed by atoms with Gasteiger partial charge in [-0.2, -0.15) is 11.8 Å². The number of rotatable bonds is 5. The second-order valence-electron chi connectivity index (χ2n) is 5.13. The first-order chi connectivity index (χ1) is 8.25. The molecule has 0 bridgehead atoms. The highest BCUT2D eigenvalue weighted by Gasteiger charge is 2.20.